The normalized spacial score (nSPS) is 9.26. The molecule has 0 unspecified atom stereocenters. The van der Waals surface area contributed by atoms with E-state index in [0.717, 1.165) is 11.6 Å². The molecule has 2 N–H and O–H groups in total. The molecule has 0 amide bonds. The fourth-order valence-electron chi connectivity index (χ4n) is 0.989. The fraction of sp³-hybridized carbons (Fsp3) is 0.0667. The van der Waals surface area contributed by atoms with Crippen molar-refractivity contribution in [2.75, 3.05) is 0 Å². The van der Waals surface area contributed by atoms with E-state index in [0.29, 0.717) is 6.42 Å². The minimum absolute atomic E-state index is 0.206. The molecule has 4 nitrogen and oxygen atoms in total. The summed E-state index contributed by atoms with van der Waals surface area (Å²) in [4.78, 5) is 19.7. The molecule has 0 radical (unpaired) electrons. The highest BCUT2D eigenvalue weighted by Crippen LogP contribution is 2.05. The number of allylic oxidation sites excluding steroid dienone is 1. The zero-order chi connectivity index (χ0) is 14.7. The molecule has 0 bridgehead atoms. The van der Waals surface area contributed by atoms with Gasteiger partial charge in [-0.3, -0.25) is 0 Å². The van der Waals surface area contributed by atoms with E-state index < -0.39 is 11.9 Å². The maximum Gasteiger partial charge on any atom is 0.331 e. The zero-order valence-electron chi connectivity index (χ0n) is 10.5. The van der Waals surface area contributed by atoms with Crippen LogP contribution in [-0.4, -0.2) is 22.2 Å². The van der Waals surface area contributed by atoms with Crippen molar-refractivity contribution in [2.24, 2.45) is 0 Å². The van der Waals surface area contributed by atoms with Crippen molar-refractivity contribution in [1.82, 2.24) is 0 Å². The van der Waals surface area contributed by atoms with Crippen LogP contribution in [0.1, 0.15) is 12.0 Å². The van der Waals surface area contributed by atoms with Crippen molar-refractivity contribution in [3.63, 3.8) is 0 Å². The highest BCUT2D eigenvalue weighted by atomic mass is 16.4. The lowest BCUT2D eigenvalue weighted by Crippen LogP contribution is -1.96. The summed E-state index contributed by atoms with van der Waals surface area (Å²) >= 11 is 0. The number of aliphatic carboxylic acids is 2. The lowest BCUT2D eigenvalue weighted by atomic mass is 10.1. The Morgan fingerprint density at radius 3 is 2.11 bits per heavy atom. The van der Waals surface area contributed by atoms with Crippen molar-refractivity contribution in [3.05, 3.63) is 66.8 Å². The lowest BCUT2D eigenvalue weighted by molar-refractivity contribution is -0.133. The molecule has 4 heteroatoms. The summed E-state index contributed by atoms with van der Waals surface area (Å²) in [5.74, 6) is -1.92. The first-order valence-electron chi connectivity index (χ1n) is 5.45. The van der Waals surface area contributed by atoms with E-state index in [2.05, 4.69) is 13.2 Å². The number of carboxylic acids is 2. The Hall–Kier alpha value is -2.62. The molecule has 19 heavy (non-hydrogen) atoms. The summed E-state index contributed by atoms with van der Waals surface area (Å²) in [6.07, 6.45) is 4.89. The van der Waals surface area contributed by atoms with Crippen LogP contribution in [0.5, 0.6) is 0 Å². The number of benzene rings is 1. The van der Waals surface area contributed by atoms with E-state index in [1.165, 1.54) is 0 Å². The van der Waals surface area contributed by atoms with Gasteiger partial charge >= 0.3 is 11.9 Å². The molecule has 100 valence electrons. The highest BCUT2D eigenvalue weighted by Gasteiger charge is 1.99. The molecule has 0 aliphatic carbocycles. The SMILES string of the molecule is C=C(CC=Cc1ccccc1)C(=O)O.C=CC(=O)O. The standard InChI is InChI=1S/C12H12O2.C3H4O2/c1-10(12(13)14)6-5-9-11-7-3-2-4-8-11;1-2-3(4)5/h2-5,7-9H,1,6H2,(H,13,14);2H,1H2,(H,4,5). The lowest BCUT2D eigenvalue weighted by Gasteiger charge is -1.93. The van der Waals surface area contributed by atoms with E-state index in [1.807, 2.05) is 36.4 Å². The second-order valence-corrected chi connectivity index (χ2v) is 3.47. The molecule has 1 aromatic rings. The minimum atomic E-state index is -0.981. The predicted molar refractivity (Wildman–Crippen MR) is 74.7 cm³/mol. The summed E-state index contributed by atoms with van der Waals surface area (Å²) in [6, 6.07) is 9.73. The topological polar surface area (TPSA) is 74.6 Å². The summed E-state index contributed by atoms with van der Waals surface area (Å²) in [6.45, 7) is 6.40. The third-order valence-electron chi connectivity index (χ3n) is 1.95. The van der Waals surface area contributed by atoms with Gasteiger partial charge in [0, 0.05) is 11.6 Å². The Morgan fingerprint density at radius 2 is 1.68 bits per heavy atom. The quantitative estimate of drug-likeness (QED) is 0.798. The average Bonchev–Trinajstić information content (AvgIpc) is 2.40. The van der Waals surface area contributed by atoms with E-state index in [-0.39, 0.29) is 5.57 Å². The first-order chi connectivity index (χ1) is 8.97. The van der Waals surface area contributed by atoms with Crippen molar-refractivity contribution >= 4 is 18.0 Å². The summed E-state index contributed by atoms with van der Waals surface area (Å²) in [7, 11) is 0. The molecule has 1 rings (SSSR count). The van der Waals surface area contributed by atoms with Gasteiger partial charge in [-0.15, -0.1) is 0 Å². The molecule has 0 aliphatic heterocycles. The summed E-state index contributed by atoms with van der Waals surface area (Å²) in [5.41, 5.74) is 1.27. The molecule has 0 aromatic heterocycles. The van der Waals surface area contributed by atoms with Gasteiger partial charge in [0.1, 0.15) is 0 Å². The van der Waals surface area contributed by atoms with Crippen LogP contribution in [0.2, 0.25) is 0 Å². The van der Waals surface area contributed by atoms with Crippen molar-refractivity contribution in [3.8, 4) is 0 Å². The Kier molecular flexibility index (Phi) is 8.12. The van der Waals surface area contributed by atoms with Crippen LogP contribution in [0.25, 0.3) is 6.08 Å². The van der Waals surface area contributed by atoms with Crippen LogP contribution in [0.3, 0.4) is 0 Å². The van der Waals surface area contributed by atoms with Crippen LogP contribution in [-0.2, 0) is 9.59 Å². The molecule has 0 saturated carbocycles. The summed E-state index contributed by atoms with van der Waals surface area (Å²) < 4.78 is 0. The summed E-state index contributed by atoms with van der Waals surface area (Å²) in [5, 5.41) is 16.1. The fourth-order valence-corrected chi connectivity index (χ4v) is 0.989. The number of rotatable bonds is 5. The van der Waals surface area contributed by atoms with Crippen molar-refractivity contribution in [1.29, 1.82) is 0 Å². The van der Waals surface area contributed by atoms with E-state index >= 15 is 0 Å². The highest BCUT2D eigenvalue weighted by molar-refractivity contribution is 5.86. The third kappa shape index (κ3) is 9.12. The number of carboxylic acid groups (broad SMARTS) is 2. The van der Waals surface area contributed by atoms with Crippen LogP contribution < -0.4 is 0 Å². The molecular formula is C15H16O4. The maximum atomic E-state index is 10.4. The Bertz CT molecular complexity index is 472. The third-order valence-corrected chi connectivity index (χ3v) is 1.95. The van der Waals surface area contributed by atoms with Gasteiger partial charge in [-0.1, -0.05) is 55.6 Å². The second kappa shape index (κ2) is 9.41. The molecule has 0 heterocycles. The monoisotopic (exact) mass is 260 g/mol. The van der Waals surface area contributed by atoms with E-state index in [1.54, 1.807) is 6.08 Å². The first kappa shape index (κ1) is 16.4. The molecule has 0 aliphatic rings. The van der Waals surface area contributed by atoms with Gasteiger partial charge in [0.15, 0.2) is 0 Å². The molecule has 0 saturated heterocycles. The van der Waals surface area contributed by atoms with Crippen LogP contribution >= 0.6 is 0 Å². The molecule has 0 spiro atoms. The Morgan fingerprint density at radius 1 is 1.16 bits per heavy atom. The van der Waals surface area contributed by atoms with Crippen molar-refractivity contribution in [2.45, 2.75) is 6.42 Å². The van der Waals surface area contributed by atoms with Gasteiger partial charge in [0.25, 0.3) is 0 Å². The van der Waals surface area contributed by atoms with Gasteiger partial charge in [-0.25, -0.2) is 9.59 Å². The zero-order valence-corrected chi connectivity index (χ0v) is 10.5. The Balaban J connectivity index is 0.000000555. The first-order valence-corrected chi connectivity index (χ1v) is 5.45. The number of hydrogen-bond donors (Lipinski definition) is 2. The van der Waals surface area contributed by atoms with E-state index in [9.17, 15) is 9.59 Å². The molecule has 0 atom stereocenters. The van der Waals surface area contributed by atoms with Crippen molar-refractivity contribution < 1.29 is 19.8 Å². The van der Waals surface area contributed by atoms with Crippen LogP contribution in [0, 0.1) is 0 Å². The molecular weight excluding hydrogens is 244 g/mol. The van der Waals surface area contributed by atoms with Gasteiger partial charge in [-0.2, -0.15) is 0 Å². The molecule has 1 aromatic carbocycles. The minimum Gasteiger partial charge on any atom is -0.478 e. The average molecular weight is 260 g/mol. The molecule has 0 fully saturated rings. The predicted octanol–water partition coefficient (Wildman–Crippen LogP) is 2.99. The second-order valence-electron chi connectivity index (χ2n) is 3.47. The van der Waals surface area contributed by atoms with Gasteiger partial charge in [0.05, 0.1) is 0 Å². The van der Waals surface area contributed by atoms with Gasteiger partial charge < -0.3 is 10.2 Å². The van der Waals surface area contributed by atoms with Gasteiger partial charge in [-0.05, 0) is 12.0 Å². The Labute approximate surface area is 112 Å². The van der Waals surface area contributed by atoms with E-state index in [4.69, 9.17) is 10.2 Å². The maximum absolute atomic E-state index is 10.4. The number of carbonyl (C=O) groups is 2. The van der Waals surface area contributed by atoms with Crippen LogP contribution in [0.4, 0.5) is 0 Å². The smallest absolute Gasteiger partial charge is 0.331 e. The van der Waals surface area contributed by atoms with Gasteiger partial charge in [0.2, 0.25) is 0 Å². The van der Waals surface area contributed by atoms with Crippen LogP contribution in [0.15, 0.2) is 61.2 Å². The number of hydrogen-bond acceptors (Lipinski definition) is 2. The largest absolute Gasteiger partial charge is 0.478 e.